The number of hydrogen-bond donors (Lipinski definition) is 1. The number of aliphatic imine (C=N–C) groups is 1. The fourth-order valence-electron chi connectivity index (χ4n) is 2.83. The lowest BCUT2D eigenvalue weighted by molar-refractivity contribution is 0.0440. The summed E-state index contributed by atoms with van der Waals surface area (Å²) in [5, 5.41) is 0. The Bertz CT molecular complexity index is 446. The van der Waals surface area contributed by atoms with E-state index in [0.717, 1.165) is 25.1 Å². The van der Waals surface area contributed by atoms with Gasteiger partial charge in [-0.1, -0.05) is 18.2 Å². The molecule has 2 aliphatic heterocycles. The normalized spacial score (nSPS) is 31.7. The lowest BCUT2D eigenvalue weighted by Crippen LogP contribution is -2.47. The lowest BCUT2D eigenvalue weighted by atomic mass is 10.1. The van der Waals surface area contributed by atoms with Crippen LogP contribution in [0.4, 0.5) is 5.69 Å². The average molecular weight is 245 g/mol. The minimum Gasteiger partial charge on any atom is -0.373 e. The van der Waals surface area contributed by atoms with Crippen molar-refractivity contribution in [3.05, 3.63) is 30.3 Å². The number of hydrogen-bond acceptors (Lipinski definition) is 4. The summed E-state index contributed by atoms with van der Waals surface area (Å²) in [6.07, 6.45) is 2.82. The van der Waals surface area contributed by atoms with Crippen LogP contribution in [0, 0.1) is 0 Å². The molecular weight excluding hydrogens is 226 g/mol. The van der Waals surface area contributed by atoms with Crippen molar-refractivity contribution < 1.29 is 4.74 Å². The van der Waals surface area contributed by atoms with Gasteiger partial charge in [-0.2, -0.15) is 0 Å². The number of rotatable bonds is 2. The molecule has 0 bridgehead atoms. The van der Waals surface area contributed by atoms with Crippen LogP contribution in [0.3, 0.4) is 0 Å². The number of guanidine groups is 1. The van der Waals surface area contributed by atoms with Crippen molar-refractivity contribution >= 4 is 11.6 Å². The molecule has 1 fully saturated rings. The van der Waals surface area contributed by atoms with Gasteiger partial charge in [0, 0.05) is 5.69 Å². The first-order valence-electron chi connectivity index (χ1n) is 6.55. The third-order valence-corrected chi connectivity index (χ3v) is 3.75. The maximum absolute atomic E-state index is 6.02. The van der Waals surface area contributed by atoms with Crippen molar-refractivity contribution in [1.29, 1.82) is 0 Å². The summed E-state index contributed by atoms with van der Waals surface area (Å²) in [6.45, 7) is 2.87. The van der Waals surface area contributed by atoms with Gasteiger partial charge < -0.3 is 15.4 Å². The van der Waals surface area contributed by atoms with Crippen LogP contribution in [-0.4, -0.2) is 30.8 Å². The Hall–Kier alpha value is -1.55. The first kappa shape index (κ1) is 11.5. The van der Waals surface area contributed by atoms with Crippen molar-refractivity contribution in [2.75, 3.05) is 11.4 Å². The predicted octanol–water partition coefficient (Wildman–Crippen LogP) is 1.76. The molecule has 0 radical (unpaired) electrons. The van der Waals surface area contributed by atoms with Crippen LogP contribution in [0.5, 0.6) is 0 Å². The Labute approximate surface area is 107 Å². The van der Waals surface area contributed by atoms with E-state index in [9.17, 15) is 0 Å². The van der Waals surface area contributed by atoms with E-state index in [4.69, 9.17) is 10.5 Å². The Morgan fingerprint density at radius 2 is 2.06 bits per heavy atom. The van der Waals surface area contributed by atoms with Crippen LogP contribution in [0.25, 0.3) is 0 Å². The Kier molecular flexibility index (Phi) is 2.96. The molecule has 2 aliphatic rings. The summed E-state index contributed by atoms with van der Waals surface area (Å²) in [4.78, 5) is 6.50. The summed E-state index contributed by atoms with van der Waals surface area (Å²) in [7, 11) is 0. The SMILES string of the molecule is CC1CCC(C2CN=C(N)N2c2ccccc2)O1. The molecule has 2 heterocycles. The smallest absolute Gasteiger partial charge is 0.196 e. The molecule has 0 saturated carbocycles. The zero-order valence-corrected chi connectivity index (χ0v) is 10.6. The topological polar surface area (TPSA) is 50.8 Å². The molecule has 1 aromatic carbocycles. The minimum absolute atomic E-state index is 0.241. The molecule has 2 N–H and O–H groups in total. The summed E-state index contributed by atoms with van der Waals surface area (Å²) < 4.78 is 5.97. The molecule has 0 amide bonds. The van der Waals surface area contributed by atoms with E-state index in [1.54, 1.807) is 0 Å². The number of nitrogens with two attached hydrogens (primary N) is 1. The molecule has 0 aromatic heterocycles. The first-order chi connectivity index (χ1) is 8.75. The van der Waals surface area contributed by atoms with Crippen LogP contribution >= 0.6 is 0 Å². The number of nitrogens with zero attached hydrogens (tertiary/aromatic N) is 2. The minimum atomic E-state index is 0.241. The predicted molar refractivity (Wildman–Crippen MR) is 72.8 cm³/mol. The van der Waals surface area contributed by atoms with Crippen LogP contribution in [-0.2, 0) is 4.74 Å². The van der Waals surface area contributed by atoms with Crippen molar-refractivity contribution in [2.45, 2.75) is 38.0 Å². The van der Waals surface area contributed by atoms with Gasteiger partial charge in [0.1, 0.15) is 0 Å². The van der Waals surface area contributed by atoms with Gasteiger partial charge in [-0.3, -0.25) is 4.99 Å². The number of anilines is 1. The Morgan fingerprint density at radius 3 is 2.72 bits per heavy atom. The van der Waals surface area contributed by atoms with Gasteiger partial charge in [0.15, 0.2) is 5.96 Å². The van der Waals surface area contributed by atoms with Crippen molar-refractivity contribution in [1.82, 2.24) is 0 Å². The van der Waals surface area contributed by atoms with E-state index in [1.165, 1.54) is 0 Å². The van der Waals surface area contributed by atoms with E-state index in [2.05, 4.69) is 28.9 Å². The van der Waals surface area contributed by atoms with Crippen LogP contribution in [0.1, 0.15) is 19.8 Å². The van der Waals surface area contributed by atoms with Crippen LogP contribution in [0.15, 0.2) is 35.3 Å². The number of ether oxygens (including phenoxy) is 1. The largest absolute Gasteiger partial charge is 0.373 e. The van der Waals surface area contributed by atoms with Gasteiger partial charge in [-0.25, -0.2) is 0 Å². The van der Waals surface area contributed by atoms with Gasteiger partial charge in [0.2, 0.25) is 0 Å². The molecule has 1 aromatic rings. The second kappa shape index (κ2) is 4.61. The Morgan fingerprint density at radius 1 is 1.28 bits per heavy atom. The molecule has 4 heteroatoms. The maximum atomic E-state index is 6.02. The molecule has 3 atom stereocenters. The molecule has 96 valence electrons. The Balaban J connectivity index is 1.83. The summed E-state index contributed by atoms with van der Waals surface area (Å²) >= 11 is 0. The zero-order chi connectivity index (χ0) is 12.5. The van der Waals surface area contributed by atoms with Gasteiger partial charge in [-0.15, -0.1) is 0 Å². The number of para-hydroxylation sites is 1. The van der Waals surface area contributed by atoms with Crippen molar-refractivity contribution in [2.24, 2.45) is 10.7 Å². The highest BCUT2D eigenvalue weighted by atomic mass is 16.5. The van der Waals surface area contributed by atoms with Gasteiger partial charge in [0.05, 0.1) is 24.8 Å². The molecule has 0 aliphatic carbocycles. The third kappa shape index (κ3) is 1.97. The molecule has 0 spiro atoms. The van der Waals surface area contributed by atoms with E-state index in [1.807, 2.05) is 18.2 Å². The second-order valence-corrected chi connectivity index (χ2v) is 5.03. The van der Waals surface area contributed by atoms with Gasteiger partial charge >= 0.3 is 0 Å². The van der Waals surface area contributed by atoms with Gasteiger partial charge in [0.25, 0.3) is 0 Å². The number of benzene rings is 1. The fraction of sp³-hybridized carbons (Fsp3) is 0.500. The van der Waals surface area contributed by atoms with E-state index >= 15 is 0 Å². The zero-order valence-electron chi connectivity index (χ0n) is 10.6. The fourth-order valence-corrected chi connectivity index (χ4v) is 2.83. The van der Waals surface area contributed by atoms with Crippen LogP contribution < -0.4 is 10.6 Å². The summed E-state index contributed by atoms with van der Waals surface area (Å²) in [5.41, 5.74) is 7.13. The molecule has 4 nitrogen and oxygen atoms in total. The van der Waals surface area contributed by atoms with E-state index in [-0.39, 0.29) is 12.1 Å². The standard InChI is InChI=1S/C14H19N3O/c1-10-7-8-13(18-10)12-9-16-14(15)17(12)11-5-3-2-4-6-11/h2-6,10,12-13H,7-9H2,1H3,(H2,15,16). The summed E-state index contributed by atoms with van der Waals surface area (Å²) in [6, 6.07) is 10.4. The summed E-state index contributed by atoms with van der Waals surface area (Å²) in [5.74, 6) is 0.606. The van der Waals surface area contributed by atoms with Crippen LogP contribution in [0.2, 0.25) is 0 Å². The molecule has 18 heavy (non-hydrogen) atoms. The van der Waals surface area contributed by atoms with Gasteiger partial charge in [-0.05, 0) is 31.9 Å². The van der Waals surface area contributed by atoms with Crippen molar-refractivity contribution in [3.8, 4) is 0 Å². The lowest BCUT2D eigenvalue weighted by Gasteiger charge is -2.30. The second-order valence-electron chi connectivity index (χ2n) is 5.03. The molecule has 1 saturated heterocycles. The van der Waals surface area contributed by atoms with E-state index in [0.29, 0.717) is 12.1 Å². The molecule has 3 unspecified atom stereocenters. The first-order valence-corrected chi connectivity index (χ1v) is 6.55. The van der Waals surface area contributed by atoms with Crippen molar-refractivity contribution in [3.63, 3.8) is 0 Å². The average Bonchev–Trinajstić information content (AvgIpc) is 2.96. The highest BCUT2D eigenvalue weighted by molar-refractivity contribution is 5.97. The monoisotopic (exact) mass is 245 g/mol. The maximum Gasteiger partial charge on any atom is 0.196 e. The quantitative estimate of drug-likeness (QED) is 0.863. The third-order valence-electron chi connectivity index (χ3n) is 3.75. The van der Waals surface area contributed by atoms with E-state index < -0.39 is 0 Å². The molecular formula is C14H19N3O. The highest BCUT2D eigenvalue weighted by Gasteiger charge is 2.37. The molecule has 3 rings (SSSR count). The highest BCUT2D eigenvalue weighted by Crippen LogP contribution is 2.29.